The predicted molar refractivity (Wildman–Crippen MR) is 131 cm³/mol. The van der Waals surface area contributed by atoms with E-state index >= 15 is 0 Å². The van der Waals surface area contributed by atoms with Crippen LogP contribution in [0, 0.1) is 23.0 Å². The largest absolute Gasteiger partial charge is 0.466 e. The first-order chi connectivity index (χ1) is 17.3. The molecule has 0 radical (unpaired) electrons. The van der Waals surface area contributed by atoms with Gasteiger partial charge in [0.15, 0.2) is 5.69 Å². The van der Waals surface area contributed by atoms with Crippen molar-refractivity contribution in [3.8, 4) is 0 Å². The van der Waals surface area contributed by atoms with Crippen LogP contribution < -0.4 is 5.32 Å². The first-order valence-corrected chi connectivity index (χ1v) is 11.7. The molecule has 4 rings (SSSR count). The Kier molecular flexibility index (Phi) is 7.05. The number of rotatable bonds is 9. The zero-order chi connectivity index (χ0) is 25.9. The number of carbonyl (C=O) groups is 2. The molecule has 2 heterocycles. The van der Waals surface area contributed by atoms with Crippen molar-refractivity contribution in [2.75, 3.05) is 25.5 Å². The van der Waals surface area contributed by atoms with Crippen LogP contribution >= 0.6 is 0 Å². The summed E-state index contributed by atoms with van der Waals surface area (Å²) in [4.78, 5) is 40.7. The Bertz CT molecular complexity index is 1270. The molecule has 1 aliphatic rings. The van der Waals surface area contributed by atoms with Crippen LogP contribution in [0.1, 0.15) is 29.5 Å². The smallest absolute Gasteiger partial charge is 0.334 e. The number of amides is 1. The molecule has 1 saturated heterocycles. The molecule has 1 amide bonds. The summed E-state index contributed by atoms with van der Waals surface area (Å²) in [6.07, 6.45) is -0.226. The van der Waals surface area contributed by atoms with Crippen molar-refractivity contribution < 1.29 is 23.8 Å². The number of hydrogen-bond acceptors (Lipinski definition) is 8. The number of aryl methyl sites for hydroxylation is 1. The van der Waals surface area contributed by atoms with Gasteiger partial charge in [-0.25, -0.2) is 0 Å². The fourth-order valence-corrected chi connectivity index (χ4v) is 5.05. The zero-order valence-corrected chi connectivity index (χ0v) is 20.4. The van der Waals surface area contributed by atoms with Crippen molar-refractivity contribution in [2.45, 2.75) is 32.2 Å². The molecule has 0 aliphatic carbocycles. The lowest BCUT2D eigenvalue weighted by Gasteiger charge is -2.33. The van der Waals surface area contributed by atoms with Gasteiger partial charge in [-0.3, -0.25) is 19.7 Å². The lowest BCUT2D eigenvalue weighted by Crippen LogP contribution is -2.46. The summed E-state index contributed by atoms with van der Waals surface area (Å²) in [7, 11) is 1.72. The van der Waals surface area contributed by atoms with Gasteiger partial charge in [0.05, 0.1) is 22.9 Å². The molecule has 2 unspecified atom stereocenters. The van der Waals surface area contributed by atoms with Crippen molar-refractivity contribution in [1.82, 2.24) is 10.1 Å². The lowest BCUT2D eigenvalue weighted by atomic mass is 9.68. The quantitative estimate of drug-likeness (QED) is 0.272. The first kappa shape index (κ1) is 24.9. The molecule has 2 aromatic carbocycles. The Hall–Kier alpha value is -4.21. The summed E-state index contributed by atoms with van der Waals surface area (Å²) in [6.45, 7) is 3.67. The molecule has 1 aliphatic heterocycles. The number of likely N-dealkylation sites (tertiary alicyclic amines) is 1. The van der Waals surface area contributed by atoms with Crippen molar-refractivity contribution in [2.24, 2.45) is 5.92 Å². The van der Waals surface area contributed by atoms with Gasteiger partial charge in [0.2, 0.25) is 11.7 Å². The Labute approximate surface area is 208 Å². The molecular formula is C26H28N4O6. The second-order valence-electron chi connectivity index (χ2n) is 8.72. The Morgan fingerprint density at radius 3 is 2.61 bits per heavy atom. The van der Waals surface area contributed by atoms with E-state index in [0.29, 0.717) is 11.3 Å². The fourth-order valence-electron chi connectivity index (χ4n) is 5.05. The highest BCUT2D eigenvalue weighted by molar-refractivity contribution is 5.99. The van der Waals surface area contributed by atoms with Crippen LogP contribution in [0.4, 0.5) is 11.4 Å². The lowest BCUT2D eigenvalue weighted by molar-refractivity contribution is -0.386. The number of benzene rings is 2. The number of nitro groups is 1. The average Bonchev–Trinajstić information content (AvgIpc) is 3.37. The average molecular weight is 493 g/mol. The molecule has 0 bridgehead atoms. The SMILES string of the molecule is CCOC(=O)C1CN(Cc2ccccc2)C(=O)C1(Cc1onc(C)c1[N+](=O)[O-])c1ccccc1NC. The van der Waals surface area contributed by atoms with E-state index in [0.717, 1.165) is 5.56 Å². The second-order valence-corrected chi connectivity index (χ2v) is 8.72. The van der Waals surface area contributed by atoms with Crippen LogP contribution in [0.15, 0.2) is 59.1 Å². The van der Waals surface area contributed by atoms with Crippen molar-refractivity contribution in [3.05, 3.63) is 87.3 Å². The predicted octanol–water partition coefficient (Wildman–Crippen LogP) is 3.64. The van der Waals surface area contributed by atoms with E-state index in [1.807, 2.05) is 36.4 Å². The molecular weight excluding hydrogens is 464 g/mol. The molecule has 1 fully saturated rings. The molecule has 36 heavy (non-hydrogen) atoms. The van der Waals surface area contributed by atoms with Gasteiger partial charge in [0, 0.05) is 32.2 Å². The third-order valence-corrected chi connectivity index (χ3v) is 6.65. The van der Waals surface area contributed by atoms with Crippen molar-refractivity contribution in [1.29, 1.82) is 0 Å². The number of hydrogen-bond donors (Lipinski definition) is 1. The minimum absolute atomic E-state index is 0.0624. The molecule has 3 aromatic rings. The third kappa shape index (κ3) is 4.30. The van der Waals surface area contributed by atoms with Crippen LogP contribution in [-0.4, -0.2) is 47.1 Å². The van der Waals surface area contributed by atoms with Crippen LogP contribution in [0.5, 0.6) is 0 Å². The molecule has 2 atom stereocenters. The summed E-state index contributed by atoms with van der Waals surface area (Å²) in [5.74, 6) is -1.89. The summed E-state index contributed by atoms with van der Waals surface area (Å²) >= 11 is 0. The van der Waals surface area contributed by atoms with E-state index in [4.69, 9.17) is 9.26 Å². The number of carbonyl (C=O) groups excluding carboxylic acids is 2. The van der Waals surface area contributed by atoms with E-state index in [1.54, 1.807) is 37.1 Å². The monoisotopic (exact) mass is 492 g/mol. The normalized spacial score (nSPS) is 19.4. The van der Waals surface area contributed by atoms with Crippen LogP contribution in [0.25, 0.3) is 0 Å². The highest BCUT2D eigenvalue weighted by Crippen LogP contribution is 2.48. The van der Waals surface area contributed by atoms with Crippen LogP contribution in [-0.2, 0) is 32.7 Å². The van der Waals surface area contributed by atoms with Gasteiger partial charge < -0.3 is 19.5 Å². The first-order valence-electron chi connectivity index (χ1n) is 11.7. The number of esters is 1. The van der Waals surface area contributed by atoms with Gasteiger partial charge in [-0.15, -0.1) is 0 Å². The number of nitrogens with one attached hydrogen (secondary N) is 1. The zero-order valence-electron chi connectivity index (χ0n) is 20.4. The Morgan fingerprint density at radius 1 is 1.25 bits per heavy atom. The number of aromatic nitrogens is 1. The molecule has 0 saturated carbocycles. The molecule has 1 N–H and O–H groups in total. The van der Waals surface area contributed by atoms with Gasteiger partial charge in [-0.1, -0.05) is 53.7 Å². The van der Waals surface area contributed by atoms with Crippen molar-refractivity contribution >= 4 is 23.3 Å². The van der Waals surface area contributed by atoms with Crippen LogP contribution in [0.2, 0.25) is 0 Å². The molecule has 0 spiro atoms. The summed E-state index contributed by atoms with van der Waals surface area (Å²) < 4.78 is 10.8. The fraction of sp³-hybridized carbons (Fsp3) is 0.346. The van der Waals surface area contributed by atoms with Crippen LogP contribution in [0.3, 0.4) is 0 Å². The van der Waals surface area contributed by atoms with E-state index in [1.165, 1.54) is 6.92 Å². The number of anilines is 1. The number of ether oxygens (including phenoxy) is 1. The molecule has 188 valence electrons. The topological polar surface area (TPSA) is 128 Å². The highest BCUT2D eigenvalue weighted by atomic mass is 16.6. The molecule has 10 nitrogen and oxygen atoms in total. The minimum atomic E-state index is -1.52. The summed E-state index contributed by atoms with van der Waals surface area (Å²) in [5, 5.41) is 18.7. The molecule has 1 aromatic heterocycles. The third-order valence-electron chi connectivity index (χ3n) is 6.65. The summed E-state index contributed by atoms with van der Waals surface area (Å²) in [6, 6.07) is 16.6. The van der Waals surface area contributed by atoms with E-state index < -0.39 is 22.2 Å². The maximum Gasteiger partial charge on any atom is 0.334 e. The standard InChI is InChI=1S/C26H28N4O6/c1-4-35-24(31)20-16-29(15-18-10-6-5-7-11-18)25(32)26(20,19-12-8-9-13-21(19)27-3)14-22-23(30(33)34)17(2)28-36-22/h5-13,20,27H,4,14-16H2,1-3H3. The van der Waals surface area contributed by atoms with Gasteiger partial charge in [-0.05, 0) is 31.0 Å². The van der Waals surface area contributed by atoms with Gasteiger partial charge in [0.25, 0.3) is 0 Å². The number of para-hydroxylation sites is 1. The molecule has 10 heteroatoms. The van der Waals surface area contributed by atoms with E-state index in [9.17, 15) is 19.7 Å². The van der Waals surface area contributed by atoms with E-state index in [2.05, 4.69) is 10.5 Å². The Balaban J connectivity index is 1.93. The van der Waals surface area contributed by atoms with Gasteiger partial charge in [0.1, 0.15) is 0 Å². The second kappa shape index (κ2) is 10.2. The number of nitrogens with zero attached hydrogens (tertiary/aromatic N) is 3. The maximum absolute atomic E-state index is 14.4. The van der Waals surface area contributed by atoms with Gasteiger partial charge >= 0.3 is 11.7 Å². The highest BCUT2D eigenvalue weighted by Gasteiger charge is 2.60. The minimum Gasteiger partial charge on any atom is -0.466 e. The van der Waals surface area contributed by atoms with E-state index in [-0.39, 0.29) is 49.2 Å². The van der Waals surface area contributed by atoms with Crippen molar-refractivity contribution in [3.63, 3.8) is 0 Å². The Morgan fingerprint density at radius 2 is 1.94 bits per heavy atom. The van der Waals surface area contributed by atoms with Gasteiger partial charge in [-0.2, -0.15) is 0 Å². The maximum atomic E-state index is 14.4. The summed E-state index contributed by atoms with van der Waals surface area (Å²) in [5.41, 5.74) is 0.347.